The molecule has 1 aromatic carbocycles. The second-order valence-electron chi connectivity index (χ2n) is 6.06. The lowest BCUT2D eigenvalue weighted by molar-refractivity contribution is -0.143. The maximum atomic E-state index is 12.7. The molecule has 0 saturated carbocycles. The molecule has 0 unspecified atom stereocenters. The third-order valence-electron chi connectivity index (χ3n) is 4.32. The van der Waals surface area contributed by atoms with Gasteiger partial charge in [-0.2, -0.15) is 0 Å². The van der Waals surface area contributed by atoms with Crippen molar-refractivity contribution in [2.24, 2.45) is 0 Å². The Hall–Kier alpha value is -2.57. The van der Waals surface area contributed by atoms with E-state index in [9.17, 15) is 14.4 Å². The first-order chi connectivity index (χ1) is 12.5. The Morgan fingerprint density at radius 1 is 0.962 bits per heavy atom. The monoisotopic (exact) mass is 362 g/mol. The lowest BCUT2D eigenvalue weighted by atomic mass is 10.2. The van der Waals surface area contributed by atoms with E-state index < -0.39 is 0 Å². The third kappa shape index (κ3) is 5.47. The van der Waals surface area contributed by atoms with Gasteiger partial charge in [0, 0.05) is 38.2 Å². The van der Waals surface area contributed by atoms with Gasteiger partial charge in [-0.05, 0) is 37.6 Å². The van der Waals surface area contributed by atoms with Gasteiger partial charge in [0.1, 0.15) is 5.75 Å². The minimum absolute atomic E-state index is 0.0445. The molecule has 7 nitrogen and oxygen atoms in total. The molecule has 2 amide bonds. The molecular weight excluding hydrogens is 336 g/mol. The van der Waals surface area contributed by atoms with E-state index in [0.717, 1.165) is 5.75 Å². The number of nitrogens with zero attached hydrogens (tertiary/aromatic N) is 2. The van der Waals surface area contributed by atoms with Crippen molar-refractivity contribution < 1.29 is 23.9 Å². The summed E-state index contributed by atoms with van der Waals surface area (Å²) in [5, 5.41) is 0. The van der Waals surface area contributed by atoms with Crippen molar-refractivity contribution in [1.82, 2.24) is 9.80 Å². The third-order valence-corrected chi connectivity index (χ3v) is 4.32. The van der Waals surface area contributed by atoms with Gasteiger partial charge >= 0.3 is 5.97 Å². The molecule has 0 N–H and O–H groups in total. The molecule has 0 aromatic heterocycles. The van der Waals surface area contributed by atoms with Gasteiger partial charge in [0.15, 0.2) is 0 Å². The van der Waals surface area contributed by atoms with Crippen LogP contribution in [0.5, 0.6) is 5.75 Å². The molecular formula is C19H26N2O5. The van der Waals surface area contributed by atoms with E-state index in [4.69, 9.17) is 4.74 Å². The maximum Gasteiger partial charge on any atom is 0.306 e. The molecule has 1 aliphatic rings. The van der Waals surface area contributed by atoms with Crippen molar-refractivity contribution in [2.75, 3.05) is 39.9 Å². The Morgan fingerprint density at radius 2 is 1.62 bits per heavy atom. The van der Waals surface area contributed by atoms with Crippen LogP contribution in [0.4, 0.5) is 0 Å². The molecule has 1 aromatic rings. The van der Waals surface area contributed by atoms with Gasteiger partial charge in [0.2, 0.25) is 5.91 Å². The molecule has 1 aliphatic heterocycles. The van der Waals surface area contributed by atoms with Crippen molar-refractivity contribution in [3.8, 4) is 5.75 Å². The van der Waals surface area contributed by atoms with E-state index in [1.54, 1.807) is 34.1 Å². The first-order valence-corrected chi connectivity index (χ1v) is 8.92. The largest absolute Gasteiger partial charge is 0.494 e. The highest BCUT2D eigenvalue weighted by molar-refractivity contribution is 5.94. The van der Waals surface area contributed by atoms with Crippen LogP contribution in [0.3, 0.4) is 0 Å². The van der Waals surface area contributed by atoms with Crippen molar-refractivity contribution in [3.05, 3.63) is 29.8 Å². The van der Waals surface area contributed by atoms with Gasteiger partial charge < -0.3 is 19.3 Å². The zero-order chi connectivity index (χ0) is 18.9. The first-order valence-electron chi connectivity index (χ1n) is 8.92. The summed E-state index contributed by atoms with van der Waals surface area (Å²) < 4.78 is 9.95. The average molecular weight is 362 g/mol. The predicted molar refractivity (Wildman–Crippen MR) is 96.0 cm³/mol. The molecule has 1 heterocycles. The van der Waals surface area contributed by atoms with Crippen LogP contribution in [0.25, 0.3) is 0 Å². The number of rotatable bonds is 6. The highest BCUT2D eigenvalue weighted by Gasteiger charge is 2.23. The summed E-state index contributed by atoms with van der Waals surface area (Å²) in [6.07, 6.45) is 0.937. The fourth-order valence-corrected chi connectivity index (χ4v) is 2.88. The van der Waals surface area contributed by atoms with E-state index >= 15 is 0 Å². The minimum Gasteiger partial charge on any atom is -0.494 e. The molecule has 26 heavy (non-hydrogen) atoms. The predicted octanol–water partition coefficient (Wildman–Crippen LogP) is 1.71. The van der Waals surface area contributed by atoms with E-state index in [1.165, 1.54) is 7.11 Å². The van der Waals surface area contributed by atoms with E-state index in [1.807, 2.05) is 6.92 Å². The molecule has 0 spiro atoms. The fraction of sp³-hybridized carbons (Fsp3) is 0.526. The van der Waals surface area contributed by atoms with Gasteiger partial charge in [0.05, 0.1) is 20.1 Å². The van der Waals surface area contributed by atoms with Crippen LogP contribution in [0.1, 0.15) is 36.5 Å². The number of esters is 1. The molecule has 1 fully saturated rings. The first kappa shape index (κ1) is 19.8. The number of methoxy groups -OCH3 is 1. The Bertz CT molecular complexity index is 629. The average Bonchev–Trinajstić information content (AvgIpc) is 2.92. The van der Waals surface area contributed by atoms with Crippen molar-refractivity contribution in [1.29, 1.82) is 0 Å². The Morgan fingerprint density at radius 3 is 2.27 bits per heavy atom. The summed E-state index contributed by atoms with van der Waals surface area (Å²) in [7, 11) is 1.31. The van der Waals surface area contributed by atoms with Gasteiger partial charge in [-0.3, -0.25) is 14.4 Å². The zero-order valence-electron chi connectivity index (χ0n) is 15.4. The highest BCUT2D eigenvalue weighted by Crippen LogP contribution is 2.15. The standard InChI is InChI=1S/C19H26N2O5/c1-3-26-16-7-5-15(6-8-16)19(24)21-12-4-11-20(13-14-21)17(22)9-10-18(23)25-2/h5-8H,3-4,9-14H2,1-2H3. The van der Waals surface area contributed by atoms with Gasteiger partial charge in [-0.1, -0.05) is 0 Å². The van der Waals surface area contributed by atoms with Crippen molar-refractivity contribution >= 4 is 17.8 Å². The number of carbonyl (C=O) groups excluding carboxylic acids is 3. The molecule has 142 valence electrons. The Kier molecular flexibility index (Phi) is 7.44. The van der Waals surface area contributed by atoms with Crippen molar-refractivity contribution in [2.45, 2.75) is 26.2 Å². The number of hydrogen-bond acceptors (Lipinski definition) is 5. The molecule has 0 aliphatic carbocycles. The number of carbonyl (C=O) groups is 3. The number of ether oxygens (including phenoxy) is 2. The van der Waals surface area contributed by atoms with Crippen molar-refractivity contribution in [3.63, 3.8) is 0 Å². The van der Waals surface area contributed by atoms with Crippen LogP contribution in [0.15, 0.2) is 24.3 Å². The summed E-state index contributed by atoms with van der Waals surface area (Å²) in [6, 6.07) is 7.10. The van der Waals surface area contributed by atoms with E-state index in [0.29, 0.717) is 44.8 Å². The molecule has 1 saturated heterocycles. The second kappa shape index (κ2) is 9.79. The van der Waals surface area contributed by atoms with Gasteiger partial charge in [0.25, 0.3) is 5.91 Å². The molecule has 0 atom stereocenters. The smallest absolute Gasteiger partial charge is 0.306 e. The minimum atomic E-state index is -0.388. The summed E-state index contributed by atoms with van der Waals surface area (Å²) in [6.45, 7) is 4.65. The molecule has 0 bridgehead atoms. The van der Waals surface area contributed by atoms with Crippen LogP contribution < -0.4 is 4.74 Å². The van der Waals surface area contributed by atoms with Crippen LogP contribution in [-0.4, -0.2) is 67.5 Å². The molecule has 2 rings (SSSR count). The van der Waals surface area contributed by atoms with Gasteiger partial charge in [-0.15, -0.1) is 0 Å². The highest BCUT2D eigenvalue weighted by atomic mass is 16.5. The lowest BCUT2D eigenvalue weighted by Crippen LogP contribution is -2.37. The summed E-state index contributed by atoms with van der Waals surface area (Å²) in [5.41, 5.74) is 0.610. The molecule has 7 heteroatoms. The number of amides is 2. The van der Waals surface area contributed by atoms with Crippen LogP contribution in [0.2, 0.25) is 0 Å². The van der Waals surface area contributed by atoms with Crippen LogP contribution in [0, 0.1) is 0 Å². The summed E-state index contributed by atoms with van der Waals surface area (Å²) in [4.78, 5) is 39.5. The maximum absolute atomic E-state index is 12.7. The van der Waals surface area contributed by atoms with E-state index in [-0.39, 0.29) is 30.6 Å². The second-order valence-corrected chi connectivity index (χ2v) is 6.06. The fourth-order valence-electron chi connectivity index (χ4n) is 2.88. The quantitative estimate of drug-likeness (QED) is 0.720. The summed E-state index contributed by atoms with van der Waals surface area (Å²) in [5.74, 6) is 0.227. The summed E-state index contributed by atoms with van der Waals surface area (Å²) >= 11 is 0. The zero-order valence-corrected chi connectivity index (χ0v) is 15.4. The Balaban J connectivity index is 1.89. The van der Waals surface area contributed by atoms with Gasteiger partial charge in [-0.25, -0.2) is 0 Å². The lowest BCUT2D eigenvalue weighted by Gasteiger charge is -2.22. The van der Waals surface area contributed by atoms with Crippen LogP contribution >= 0.6 is 0 Å². The number of benzene rings is 1. The topological polar surface area (TPSA) is 76.2 Å². The number of hydrogen-bond donors (Lipinski definition) is 0. The van der Waals surface area contributed by atoms with E-state index in [2.05, 4.69) is 4.74 Å². The SMILES string of the molecule is CCOc1ccc(C(=O)N2CCCN(C(=O)CCC(=O)OC)CC2)cc1. The van der Waals surface area contributed by atoms with Crippen LogP contribution in [-0.2, 0) is 14.3 Å². The normalized spacial score (nSPS) is 14.5. The Labute approximate surface area is 153 Å². The molecule has 0 radical (unpaired) electrons.